The first kappa shape index (κ1) is 16.7. The number of hydrogen-bond donors (Lipinski definition) is 0. The molecule has 2 aromatic rings. The SMILES string of the molecule is CC(C)(Br)C(=O)N(c1ccccc1)S(=O)(=O)c1ccccc1. The van der Waals surface area contributed by atoms with Gasteiger partial charge in [0.05, 0.1) is 10.6 Å². The number of carbonyl (C=O) groups is 1. The maximum Gasteiger partial charge on any atom is 0.270 e. The standard InChI is InChI=1S/C16H16BrNO3S/c1-16(2,17)15(19)18(13-9-5-3-6-10-13)22(20,21)14-11-7-4-8-12-14/h3-12H,1-2H3. The Balaban J connectivity index is 2.62. The van der Waals surface area contributed by atoms with E-state index in [2.05, 4.69) is 15.9 Å². The van der Waals surface area contributed by atoms with Gasteiger partial charge in [0.25, 0.3) is 15.9 Å². The number of alkyl halides is 1. The van der Waals surface area contributed by atoms with E-state index < -0.39 is 20.3 Å². The van der Waals surface area contributed by atoms with Gasteiger partial charge in [0.2, 0.25) is 0 Å². The molecule has 0 fully saturated rings. The van der Waals surface area contributed by atoms with Gasteiger partial charge in [0, 0.05) is 0 Å². The molecular formula is C16H16BrNO3S. The average Bonchev–Trinajstić information content (AvgIpc) is 2.48. The maximum atomic E-state index is 12.9. The van der Waals surface area contributed by atoms with Crippen LogP contribution in [-0.4, -0.2) is 18.6 Å². The van der Waals surface area contributed by atoms with Crippen LogP contribution in [0.5, 0.6) is 0 Å². The van der Waals surface area contributed by atoms with E-state index in [0.717, 1.165) is 4.31 Å². The van der Waals surface area contributed by atoms with Crippen LogP contribution in [0.4, 0.5) is 5.69 Å². The van der Waals surface area contributed by atoms with E-state index in [1.807, 2.05) is 0 Å². The lowest BCUT2D eigenvalue weighted by Gasteiger charge is -2.27. The Kier molecular flexibility index (Phi) is 4.72. The molecule has 0 aliphatic rings. The molecule has 6 heteroatoms. The smallest absolute Gasteiger partial charge is 0.270 e. The molecule has 116 valence electrons. The predicted octanol–water partition coefficient (Wildman–Crippen LogP) is 3.58. The number of rotatable bonds is 4. The summed E-state index contributed by atoms with van der Waals surface area (Å²) in [5, 5.41) is 0. The molecule has 0 heterocycles. The predicted molar refractivity (Wildman–Crippen MR) is 90.6 cm³/mol. The van der Waals surface area contributed by atoms with Crippen molar-refractivity contribution < 1.29 is 13.2 Å². The summed E-state index contributed by atoms with van der Waals surface area (Å²) < 4.78 is 25.6. The summed E-state index contributed by atoms with van der Waals surface area (Å²) in [7, 11) is -3.98. The number of nitrogens with zero attached hydrogens (tertiary/aromatic N) is 1. The number of hydrogen-bond acceptors (Lipinski definition) is 3. The number of amides is 1. The number of sulfonamides is 1. The van der Waals surface area contributed by atoms with E-state index in [1.165, 1.54) is 12.1 Å². The van der Waals surface area contributed by atoms with Crippen molar-refractivity contribution in [3.63, 3.8) is 0 Å². The van der Waals surface area contributed by atoms with Crippen LogP contribution >= 0.6 is 15.9 Å². The summed E-state index contributed by atoms with van der Waals surface area (Å²) in [6.45, 7) is 3.23. The number of para-hydroxylation sites is 1. The van der Waals surface area contributed by atoms with Gasteiger partial charge in [0.1, 0.15) is 4.32 Å². The van der Waals surface area contributed by atoms with Gasteiger partial charge in [-0.3, -0.25) is 4.79 Å². The Hall–Kier alpha value is -1.66. The fourth-order valence-corrected chi connectivity index (χ4v) is 3.72. The second-order valence-electron chi connectivity index (χ2n) is 5.20. The van der Waals surface area contributed by atoms with Crippen LogP contribution < -0.4 is 4.31 Å². The Bertz CT molecular complexity index is 753. The van der Waals surface area contributed by atoms with Crippen LogP contribution in [0, 0.1) is 0 Å². The molecule has 1 amide bonds. The fourth-order valence-electron chi connectivity index (χ4n) is 1.87. The lowest BCUT2D eigenvalue weighted by molar-refractivity contribution is -0.118. The maximum absolute atomic E-state index is 12.9. The third-order valence-corrected chi connectivity index (χ3v) is 5.03. The molecule has 0 aliphatic heterocycles. The van der Waals surface area contributed by atoms with Crippen molar-refractivity contribution in [1.29, 1.82) is 0 Å². The van der Waals surface area contributed by atoms with Gasteiger partial charge in [-0.25, -0.2) is 12.7 Å². The van der Waals surface area contributed by atoms with E-state index in [1.54, 1.807) is 62.4 Å². The average molecular weight is 382 g/mol. The van der Waals surface area contributed by atoms with Crippen molar-refractivity contribution in [3.8, 4) is 0 Å². The van der Waals surface area contributed by atoms with Crippen molar-refractivity contribution in [1.82, 2.24) is 0 Å². The van der Waals surface area contributed by atoms with E-state index in [-0.39, 0.29) is 4.90 Å². The van der Waals surface area contributed by atoms with E-state index in [0.29, 0.717) is 5.69 Å². The molecule has 22 heavy (non-hydrogen) atoms. The highest BCUT2D eigenvalue weighted by molar-refractivity contribution is 9.10. The van der Waals surface area contributed by atoms with E-state index >= 15 is 0 Å². The first-order valence-electron chi connectivity index (χ1n) is 6.63. The normalized spacial score (nSPS) is 12.0. The minimum absolute atomic E-state index is 0.0731. The molecule has 0 atom stereocenters. The van der Waals surface area contributed by atoms with Crippen molar-refractivity contribution >= 4 is 37.5 Å². The van der Waals surface area contributed by atoms with E-state index in [4.69, 9.17) is 0 Å². The molecular weight excluding hydrogens is 366 g/mol. The first-order valence-corrected chi connectivity index (χ1v) is 8.86. The molecule has 2 aromatic carbocycles. The van der Waals surface area contributed by atoms with Gasteiger partial charge in [-0.05, 0) is 38.1 Å². The Morgan fingerprint density at radius 2 is 1.41 bits per heavy atom. The number of halogens is 1. The molecule has 0 radical (unpaired) electrons. The van der Waals surface area contributed by atoms with Crippen LogP contribution in [0.25, 0.3) is 0 Å². The number of benzene rings is 2. The highest BCUT2D eigenvalue weighted by Gasteiger charge is 2.38. The van der Waals surface area contributed by atoms with Crippen LogP contribution in [-0.2, 0) is 14.8 Å². The zero-order valence-corrected chi connectivity index (χ0v) is 14.6. The summed E-state index contributed by atoms with van der Waals surface area (Å²) in [6.07, 6.45) is 0. The van der Waals surface area contributed by atoms with Crippen molar-refractivity contribution in [2.45, 2.75) is 23.1 Å². The second kappa shape index (κ2) is 6.22. The zero-order chi connectivity index (χ0) is 16.4. The Morgan fingerprint density at radius 1 is 0.955 bits per heavy atom. The zero-order valence-electron chi connectivity index (χ0n) is 12.2. The van der Waals surface area contributed by atoms with Crippen LogP contribution in [0.3, 0.4) is 0 Å². The highest BCUT2D eigenvalue weighted by Crippen LogP contribution is 2.29. The summed E-state index contributed by atoms with van der Waals surface area (Å²) in [5.74, 6) is -0.553. The summed E-state index contributed by atoms with van der Waals surface area (Å²) in [5.41, 5.74) is 0.309. The van der Waals surface area contributed by atoms with Gasteiger partial charge >= 0.3 is 0 Å². The molecule has 4 nitrogen and oxygen atoms in total. The van der Waals surface area contributed by atoms with Crippen molar-refractivity contribution in [2.24, 2.45) is 0 Å². The van der Waals surface area contributed by atoms with Crippen LogP contribution in [0.2, 0.25) is 0 Å². The van der Waals surface area contributed by atoms with Gasteiger partial charge in [-0.2, -0.15) is 0 Å². The molecule has 0 spiro atoms. The third kappa shape index (κ3) is 3.39. The van der Waals surface area contributed by atoms with Crippen molar-refractivity contribution in [2.75, 3.05) is 4.31 Å². The number of carbonyl (C=O) groups excluding carboxylic acids is 1. The summed E-state index contributed by atoms with van der Waals surface area (Å²) in [6, 6.07) is 16.3. The van der Waals surface area contributed by atoms with Crippen LogP contribution in [0.15, 0.2) is 65.6 Å². The quantitative estimate of drug-likeness (QED) is 0.760. The van der Waals surface area contributed by atoms with Crippen LogP contribution in [0.1, 0.15) is 13.8 Å². The molecule has 0 aliphatic carbocycles. The van der Waals surface area contributed by atoms with Crippen molar-refractivity contribution in [3.05, 3.63) is 60.7 Å². The van der Waals surface area contributed by atoms with Gasteiger partial charge in [0.15, 0.2) is 0 Å². The minimum Gasteiger partial charge on any atom is -0.272 e. The first-order chi connectivity index (χ1) is 10.2. The van der Waals surface area contributed by atoms with Gasteiger partial charge in [-0.1, -0.05) is 52.3 Å². The second-order valence-corrected chi connectivity index (χ2v) is 8.96. The largest absolute Gasteiger partial charge is 0.272 e. The topological polar surface area (TPSA) is 54.5 Å². The van der Waals surface area contributed by atoms with Gasteiger partial charge < -0.3 is 0 Å². The lowest BCUT2D eigenvalue weighted by Crippen LogP contribution is -2.45. The molecule has 0 unspecified atom stereocenters. The molecule has 0 N–H and O–H groups in total. The minimum atomic E-state index is -3.98. The molecule has 0 bridgehead atoms. The lowest BCUT2D eigenvalue weighted by atomic mass is 10.2. The van der Waals surface area contributed by atoms with Gasteiger partial charge in [-0.15, -0.1) is 0 Å². The Labute approximate surface area is 138 Å². The molecule has 2 rings (SSSR count). The number of anilines is 1. The molecule has 0 saturated carbocycles. The monoisotopic (exact) mass is 381 g/mol. The summed E-state index contributed by atoms with van der Waals surface area (Å²) in [4.78, 5) is 12.8. The van der Waals surface area contributed by atoms with E-state index in [9.17, 15) is 13.2 Å². The third-order valence-electron chi connectivity index (χ3n) is 2.97. The Morgan fingerprint density at radius 3 is 1.86 bits per heavy atom. The highest BCUT2D eigenvalue weighted by atomic mass is 79.9. The molecule has 0 saturated heterocycles. The summed E-state index contributed by atoms with van der Waals surface area (Å²) >= 11 is 3.25. The molecule has 0 aromatic heterocycles. The fraction of sp³-hybridized carbons (Fsp3) is 0.188.